The van der Waals surface area contributed by atoms with Gasteiger partial charge in [-0.3, -0.25) is 14.5 Å². The van der Waals surface area contributed by atoms with Gasteiger partial charge in [-0.2, -0.15) is 0 Å². The number of hydrogen-bond donors (Lipinski definition) is 1. The van der Waals surface area contributed by atoms with E-state index in [0.29, 0.717) is 31.0 Å². The molecule has 0 bridgehead atoms. The molecule has 2 saturated heterocycles. The molecule has 1 aromatic carbocycles. The van der Waals surface area contributed by atoms with E-state index in [9.17, 15) is 9.59 Å². The smallest absolute Gasteiger partial charge is 0.264 e. The van der Waals surface area contributed by atoms with Crippen LogP contribution in [0.4, 0.5) is 0 Å². The third kappa shape index (κ3) is 3.54. The van der Waals surface area contributed by atoms with Crippen molar-refractivity contribution < 1.29 is 4.79 Å². The lowest BCUT2D eigenvalue weighted by molar-refractivity contribution is 0.00200. The number of rotatable bonds is 3. The Kier molecular flexibility index (Phi) is 4.83. The van der Waals surface area contributed by atoms with Crippen molar-refractivity contribution in [2.45, 2.75) is 45.2 Å². The Labute approximate surface area is 159 Å². The summed E-state index contributed by atoms with van der Waals surface area (Å²) in [7, 11) is 0. The predicted octanol–water partition coefficient (Wildman–Crippen LogP) is 2.44. The number of likely N-dealkylation sites (tertiary alicyclic amines) is 2. The zero-order chi connectivity index (χ0) is 19.0. The highest BCUT2D eigenvalue weighted by Crippen LogP contribution is 2.25. The Hall–Kier alpha value is -2.47. The summed E-state index contributed by atoms with van der Waals surface area (Å²) >= 11 is 0. The first-order valence-corrected chi connectivity index (χ1v) is 9.74. The van der Waals surface area contributed by atoms with Gasteiger partial charge in [0.05, 0.1) is 0 Å². The molecule has 1 aromatic heterocycles. The lowest BCUT2D eigenvalue weighted by Gasteiger charge is -2.49. The molecule has 6 heteroatoms. The highest BCUT2D eigenvalue weighted by molar-refractivity contribution is 5.94. The quantitative estimate of drug-likeness (QED) is 0.906. The SMILES string of the molecule is Cc1ccc(-c2ncc(C(=O)N3CC(N4CCCC[C@@H]4C)C3)c(=O)[nH]2)cc1. The summed E-state index contributed by atoms with van der Waals surface area (Å²) in [4.78, 5) is 36.5. The standard InChI is InChI=1S/C21H26N4O2/c1-14-6-8-16(9-7-14)19-22-11-18(20(26)23-19)21(27)24-12-17(13-24)25-10-4-3-5-15(25)2/h6-9,11,15,17H,3-5,10,12-13H2,1-2H3,(H,22,23,26)/t15-/m0/s1. The maximum atomic E-state index is 12.7. The fourth-order valence-corrected chi connectivity index (χ4v) is 4.07. The highest BCUT2D eigenvalue weighted by Gasteiger charge is 2.38. The monoisotopic (exact) mass is 366 g/mol. The summed E-state index contributed by atoms with van der Waals surface area (Å²) in [6, 6.07) is 8.76. The number of amides is 1. The molecule has 1 N–H and O–H groups in total. The first-order chi connectivity index (χ1) is 13.0. The number of aromatic amines is 1. The minimum Gasteiger partial charge on any atom is -0.335 e. The van der Waals surface area contributed by atoms with Gasteiger partial charge in [-0.05, 0) is 33.2 Å². The number of hydrogen-bond acceptors (Lipinski definition) is 4. The van der Waals surface area contributed by atoms with E-state index in [2.05, 4.69) is 21.8 Å². The van der Waals surface area contributed by atoms with Gasteiger partial charge in [0.15, 0.2) is 0 Å². The van der Waals surface area contributed by atoms with Crippen molar-refractivity contribution in [1.82, 2.24) is 19.8 Å². The van der Waals surface area contributed by atoms with E-state index in [0.717, 1.165) is 17.7 Å². The normalized spacial score (nSPS) is 21.1. The molecule has 2 aliphatic rings. The molecular weight excluding hydrogens is 340 g/mol. The van der Waals surface area contributed by atoms with Crippen molar-refractivity contribution in [3.05, 3.63) is 51.9 Å². The van der Waals surface area contributed by atoms with Crippen LogP contribution in [0.15, 0.2) is 35.3 Å². The van der Waals surface area contributed by atoms with Crippen LogP contribution in [0.5, 0.6) is 0 Å². The van der Waals surface area contributed by atoms with Crippen LogP contribution in [0.3, 0.4) is 0 Å². The fraction of sp³-hybridized carbons (Fsp3) is 0.476. The third-order valence-corrected chi connectivity index (χ3v) is 5.83. The summed E-state index contributed by atoms with van der Waals surface area (Å²) in [6.45, 7) is 6.78. The molecule has 1 amide bonds. The molecule has 2 fully saturated rings. The van der Waals surface area contributed by atoms with Gasteiger partial charge in [-0.15, -0.1) is 0 Å². The Morgan fingerprint density at radius 1 is 1.19 bits per heavy atom. The van der Waals surface area contributed by atoms with Gasteiger partial charge in [0, 0.05) is 36.9 Å². The summed E-state index contributed by atoms with van der Waals surface area (Å²) in [6.07, 6.45) is 5.17. The fourth-order valence-electron chi connectivity index (χ4n) is 4.07. The van der Waals surface area contributed by atoms with Crippen LogP contribution < -0.4 is 5.56 Å². The van der Waals surface area contributed by atoms with Gasteiger partial charge in [0.2, 0.25) is 0 Å². The van der Waals surface area contributed by atoms with E-state index in [1.54, 1.807) is 4.90 Å². The van der Waals surface area contributed by atoms with E-state index in [-0.39, 0.29) is 17.0 Å². The predicted molar refractivity (Wildman–Crippen MR) is 105 cm³/mol. The van der Waals surface area contributed by atoms with Crippen LogP contribution in [0.25, 0.3) is 11.4 Å². The Morgan fingerprint density at radius 3 is 2.59 bits per heavy atom. The third-order valence-electron chi connectivity index (χ3n) is 5.83. The van der Waals surface area contributed by atoms with E-state index in [1.165, 1.54) is 25.5 Å². The Balaban J connectivity index is 1.44. The number of nitrogens with zero attached hydrogens (tertiary/aromatic N) is 3. The van der Waals surface area contributed by atoms with Gasteiger partial charge in [0.25, 0.3) is 11.5 Å². The molecule has 0 unspecified atom stereocenters. The van der Waals surface area contributed by atoms with Crippen molar-refractivity contribution in [1.29, 1.82) is 0 Å². The van der Waals surface area contributed by atoms with Crippen molar-refractivity contribution >= 4 is 5.91 Å². The molecular formula is C21H26N4O2. The van der Waals surface area contributed by atoms with Crippen molar-refractivity contribution in [3.8, 4) is 11.4 Å². The maximum Gasteiger partial charge on any atom is 0.264 e. The Bertz CT molecular complexity index is 884. The summed E-state index contributed by atoms with van der Waals surface area (Å²) in [5.41, 5.74) is 1.72. The highest BCUT2D eigenvalue weighted by atomic mass is 16.2. The number of carbonyl (C=O) groups excluding carboxylic acids is 1. The largest absolute Gasteiger partial charge is 0.335 e. The minimum atomic E-state index is -0.375. The first-order valence-electron chi connectivity index (χ1n) is 9.74. The minimum absolute atomic E-state index is 0.121. The number of aromatic nitrogens is 2. The summed E-state index contributed by atoms with van der Waals surface area (Å²) in [5, 5.41) is 0. The first kappa shape index (κ1) is 17.9. The summed E-state index contributed by atoms with van der Waals surface area (Å²) < 4.78 is 0. The van der Waals surface area contributed by atoms with Crippen molar-refractivity contribution in [3.63, 3.8) is 0 Å². The molecule has 1 atom stereocenters. The van der Waals surface area contributed by atoms with Crippen LogP contribution in [-0.2, 0) is 0 Å². The molecule has 0 aliphatic carbocycles. The van der Waals surface area contributed by atoms with E-state index >= 15 is 0 Å². The van der Waals surface area contributed by atoms with E-state index in [1.807, 2.05) is 31.2 Å². The molecule has 3 heterocycles. The molecule has 0 radical (unpaired) electrons. The van der Waals surface area contributed by atoms with Crippen LogP contribution in [0, 0.1) is 6.92 Å². The number of aryl methyl sites for hydroxylation is 1. The van der Waals surface area contributed by atoms with Crippen molar-refractivity contribution in [2.75, 3.05) is 19.6 Å². The molecule has 2 aromatic rings. The topological polar surface area (TPSA) is 69.3 Å². The van der Waals surface area contributed by atoms with Gasteiger partial charge in [0.1, 0.15) is 11.4 Å². The van der Waals surface area contributed by atoms with Crippen LogP contribution in [0.2, 0.25) is 0 Å². The second-order valence-corrected chi connectivity index (χ2v) is 7.79. The second-order valence-electron chi connectivity index (χ2n) is 7.79. The van der Waals surface area contributed by atoms with Gasteiger partial charge in [-0.25, -0.2) is 4.98 Å². The van der Waals surface area contributed by atoms with Crippen LogP contribution in [0.1, 0.15) is 42.1 Å². The lowest BCUT2D eigenvalue weighted by Crippen LogP contribution is -2.63. The average molecular weight is 366 g/mol. The molecule has 0 spiro atoms. The van der Waals surface area contributed by atoms with Gasteiger partial charge >= 0.3 is 0 Å². The number of nitrogens with one attached hydrogen (secondary N) is 1. The summed E-state index contributed by atoms with van der Waals surface area (Å²) in [5.74, 6) is 0.264. The second kappa shape index (κ2) is 7.27. The molecule has 142 valence electrons. The number of benzene rings is 1. The maximum absolute atomic E-state index is 12.7. The number of piperidine rings is 1. The number of carbonyl (C=O) groups is 1. The zero-order valence-corrected chi connectivity index (χ0v) is 15.9. The van der Waals surface area contributed by atoms with Crippen molar-refractivity contribution in [2.24, 2.45) is 0 Å². The molecule has 4 rings (SSSR count). The van der Waals surface area contributed by atoms with Crippen LogP contribution >= 0.6 is 0 Å². The number of H-pyrrole nitrogens is 1. The van der Waals surface area contributed by atoms with E-state index < -0.39 is 0 Å². The molecule has 27 heavy (non-hydrogen) atoms. The zero-order valence-electron chi connectivity index (χ0n) is 15.9. The average Bonchev–Trinajstić information content (AvgIpc) is 2.62. The van der Waals surface area contributed by atoms with Crippen LogP contribution in [-0.4, -0.2) is 57.4 Å². The molecule has 0 saturated carbocycles. The lowest BCUT2D eigenvalue weighted by atomic mass is 9.97. The van der Waals surface area contributed by atoms with Gasteiger partial charge in [-0.1, -0.05) is 36.2 Å². The van der Waals surface area contributed by atoms with E-state index in [4.69, 9.17) is 0 Å². The van der Waals surface area contributed by atoms with Gasteiger partial charge < -0.3 is 9.88 Å². The molecule has 6 nitrogen and oxygen atoms in total. The molecule has 2 aliphatic heterocycles. The Morgan fingerprint density at radius 2 is 1.93 bits per heavy atom.